The monoisotopic (exact) mass is 296 g/mol. The summed E-state index contributed by atoms with van der Waals surface area (Å²) in [7, 11) is 1.58. The van der Waals surface area contributed by atoms with Crippen molar-refractivity contribution in [2.75, 3.05) is 26.8 Å². The molecular weight excluding hydrogens is 276 g/mol. The molecule has 0 atom stereocenters. The zero-order valence-corrected chi connectivity index (χ0v) is 12.5. The van der Waals surface area contributed by atoms with Gasteiger partial charge in [-0.2, -0.15) is 0 Å². The van der Waals surface area contributed by atoms with Gasteiger partial charge in [0.1, 0.15) is 0 Å². The number of carbonyl (C=O) groups excluding carboxylic acids is 2. The molecule has 0 radical (unpaired) electrons. The number of carbonyl (C=O) groups is 2. The molecule has 6 heteroatoms. The van der Waals surface area contributed by atoms with E-state index in [1.54, 1.807) is 18.4 Å². The Morgan fingerprint density at radius 2 is 2.10 bits per heavy atom. The Labute approximate surface area is 122 Å². The lowest BCUT2D eigenvalue weighted by Gasteiger charge is -2.12. The van der Waals surface area contributed by atoms with Crippen LogP contribution in [0.15, 0.2) is 5.38 Å². The summed E-state index contributed by atoms with van der Waals surface area (Å²) >= 11 is 1.65. The zero-order chi connectivity index (χ0) is 14.4. The summed E-state index contributed by atoms with van der Waals surface area (Å²) in [6.07, 6.45) is 4.39. The molecule has 1 heterocycles. The summed E-state index contributed by atoms with van der Waals surface area (Å²) < 4.78 is 4.84. The summed E-state index contributed by atoms with van der Waals surface area (Å²) in [4.78, 5) is 24.9. The quantitative estimate of drug-likeness (QED) is 0.773. The number of rotatable bonds is 6. The molecule has 1 aliphatic rings. The van der Waals surface area contributed by atoms with Crippen LogP contribution in [0.1, 0.15) is 33.6 Å². The van der Waals surface area contributed by atoms with Crippen LogP contribution >= 0.6 is 11.3 Å². The maximum atomic E-state index is 12.1. The van der Waals surface area contributed by atoms with Gasteiger partial charge >= 0.3 is 0 Å². The van der Waals surface area contributed by atoms with Crippen LogP contribution in [0.25, 0.3) is 0 Å². The highest BCUT2D eigenvalue weighted by Gasteiger charge is 2.20. The number of fused-ring (bicyclic) bond motifs is 1. The molecule has 2 amide bonds. The van der Waals surface area contributed by atoms with Crippen molar-refractivity contribution in [1.82, 2.24) is 10.6 Å². The van der Waals surface area contributed by atoms with Crippen molar-refractivity contribution in [3.8, 4) is 0 Å². The number of nitrogens with one attached hydrogen (secondary N) is 2. The molecule has 0 unspecified atom stereocenters. The topological polar surface area (TPSA) is 67.4 Å². The minimum Gasteiger partial charge on any atom is -0.383 e. The van der Waals surface area contributed by atoms with Gasteiger partial charge in [0.15, 0.2) is 0 Å². The van der Waals surface area contributed by atoms with Gasteiger partial charge in [0, 0.05) is 23.9 Å². The van der Waals surface area contributed by atoms with Gasteiger partial charge < -0.3 is 15.4 Å². The fourth-order valence-electron chi connectivity index (χ4n) is 2.30. The lowest BCUT2D eigenvalue weighted by Crippen LogP contribution is -2.38. The molecule has 20 heavy (non-hydrogen) atoms. The van der Waals surface area contributed by atoms with Crippen molar-refractivity contribution in [1.29, 1.82) is 0 Å². The fraction of sp³-hybridized carbons (Fsp3) is 0.571. The summed E-state index contributed by atoms with van der Waals surface area (Å²) in [5, 5.41) is 7.26. The first-order valence-corrected chi connectivity index (χ1v) is 7.73. The normalized spacial score (nSPS) is 13.7. The molecular formula is C14H20N2O3S. The van der Waals surface area contributed by atoms with Gasteiger partial charge in [-0.05, 0) is 31.2 Å². The van der Waals surface area contributed by atoms with Crippen LogP contribution in [-0.2, 0) is 22.4 Å². The fourth-order valence-corrected chi connectivity index (χ4v) is 3.42. The van der Waals surface area contributed by atoms with Crippen molar-refractivity contribution in [3.05, 3.63) is 21.4 Å². The Morgan fingerprint density at radius 3 is 2.90 bits per heavy atom. The van der Waals surface area contributed by atoms with E-state index < -0.39 is 0 Å². The van der Waals surface area contributed by atoms with Crippen molar-refractivity contribution < 1.29 is 14.3 Å². The standard InChI is InChI=1S/C14H20N2O3S/c1-19-7-6-15-13(17)8-16-14(18)11-9-20-12-5-3-2-4-10(11)12/h9H,2-8H2,1H3,(H,15,17)(H,16,18). The molecule has 0 aromatic carbocycles. The van der Waals surface area contributed by atoms with Crippen molar-refractivity contribution >= 4 is 23.2 Å². The predicted molar refractivity (Wildman–Crippen MR) is 78.2 cm³/mol. The van der Waals surface area contributed by atoms with Crippen molar-refractivity contribution in [2.24, 2.45) is 0 Å². The molecule has 0 bridgehead atoms. The van der Waals surface area contributed by atoms with Crippen LogP contribution in [0, 0.1) is 0 Å². The lowest BCUT2D eigenvalue weighted by atomic mass is 9.96. The molecule has 110 valence electrons. The van der Waals surface area contributed by atoms with Crippen molar-refractivity contribution in [2.45, 2.75) is 25.7 Å². The average molecular weight is 296 g/mol. The highest BCUT2D eigenvalue weighted by atomic mass is 32.1. The van der Waals surface area contributed by atoms with Crippen LogP contribution in [0.4, 0.5) is 0 Å². The van der Waals surface area contributed by atoms with Gasteiger partial charge in [0.25, 0.3) is 5.91 Å². The number of hydrogen-bond acceptors (Lipinski definition) is 4. The van der Waals surface area contributed by atoms with Crippen LogP contribution in [-0.4, -0.2) is 38.6 Å². The Bertz CT molecular complexity index is 485. The Hall–Kier alpha value is -1.40. The predicted octanol–water partition coefficient (Wildman–Crippen LogP) is 1.12. The molecule has 2 rings (SSSR count). The molecule has 0 aliphatic heterocycles. The van der Waals surface area contributed by atoms with Gasteiger partial charge in [-0.15, -0.1) is 11.3 Å². The summed E-state index contributed by atoms with van der Waals surface area (Å²) in [6.45, 7) is 0.934. The molecule has 0 saturated carbocycles. The van der Waals surface area contributed by atoms with Crippen LogP contribution in [0.2, 0.25) is 0 Å². The molecule has 0 spiro atoms. The van der Waals surface area contributed by atoms with E-state index in [1.165, 1.54) is 16.9 Å². The number of ether oxygens (including phenoxy) is 1. The first-order valence-electron chi connectivity index (χ1n) is 6.85. The van der Waals surface area contributed by atoms with E-state index in [0.717, 1.165) is 24.8 Å². The van der Waals surface area contributed by atoms with Crippen LogP contribution in [0.5, 0.6) is 0 Å². The summed E-state index contributed by atoms with van der Waals surface area (Å²) in [6, 6.07) is 0. The van der Waals surface area contributed by atoms with Gasteiger partial charge in [0.2, 0.25) is 5.91 Å². The second-order valence-corrected chi connectivity index (χ2v) is 5.75. The molecule has 5 nitrogen and oxygen atoms in total. The largest absolute Gasteiger partial charge is 0.383 e. The average Bonchev–Trinajstić information content (AvgIpc) is 2.89. The third kappa shape index (κ3) is 3.80. The second kappa shape index (κ2) is 7.40. The molecule has 1 aromatic rings. The van der Waals surface area contributed by atoms with E-state index in [-0.39, 0.29) is 18.4 Å². The Kier molecular flexibility index (Phi) is 5.55. The Balaban J connectivity index is 1.83. The number of thiophene rings is 1. The molecule has 1 aromatic heterocycles. The summed E-state index contributed by atoms with van der Waals surface area (Å²) in [5.74, 6) is -0.342. The minimum atomic E-state index is -0.195. The molecule has 0 saturated heterocycles. The minimum absolute atomic E-state index is 0.00711. The first-order chi connectivity index (χ1) is 9.72. The second-order valence-electron chi connectivity index (χ2n) is 4.78. The number of aryl methyl sites for hydroxylation is 1. The van der Waals surface area contributed by atoms with Gasteiger partial charge in [-0.25, -0.2) is 0 Å². The van der Waals surface area contributed by atoms with E-state index in [1.807, 2.05) is 5.38 Å². The highest BCUT2D eigenvalue weighted by molar-refractivity contribution is 7.10. The van der Waals surface area contributed by atoms with E-state index in [0.29, 0.717) is 13.2 Å². The van der Waals surface area contributed by atoms with Gasteiger partial charge in [-0.3, -0.25) is 9.59 Å². The third-order valence-electron chi connectivity index (χ3n) is 3.34. The molecule has 2 N–H and O–H groups in total. The van der Waals surface area contributed by atoms with Crippen molar-refractivity contribution in [3.63, 3.8) is 0 Å². The first kappa shape index (κ1) is 15.0. The zero-order valence-electron chi connectivity index (χ0n) is 11.7. The third-order valence-corrected chi connectivity index (χ3v) is 4.43. The smallest absolute Gasteiger partial charge is 0.252 e. The number of hydrogen-bond donors (Lipinski definition) is 2. The van der Waals surface area contributed by atoms with E-state index in [2.05, 4.69) is 10.6 Å². The van der Waals surface area contributed by atoms with Crippen LogP contribution in [0.3, 0.4) is 0 Å². The van der Waals surface area contributed by atoms with E-state index >= 15 is 0 Å². The molecule has 0 fully saturated rings. The maximum Gasteiger partial charge on any atom is 0.252 e. The maximum absolute atomic E-state index is 12.1. The molecule has 1 aliphatic carbocycles. The number of methoxy groups -OCH3 is 1. The lowest BCUT2D eigenvalue weighted by molar-refractivity contribution is -0.120. The summed E-state index contributed by atoms with van der Waals surface area (Å²) in [5.41, 5.74) is 1.92. The number of amides is 2. The van der Waals surface area contributed by atoms with Crippen LogP contribution < -0.4 is 10.6 Å². The van der Waals surface area contributed by atoms with Gasteiger partial charge in [-0.1, -0.05) is 0 Å². The Morgan fingerprint density at radius 1 is 1.30 bits per heavy atom. The highest BCUT2D eigenvalue weighted by Crippen LogP contribution is 2.29. The van der Waals surface area contributed by atoms with Gasteiger partial charge in [0.05, 0.1) is 18.7 Å². The van der Waals surface area contributed by atoms with E-state index in [4.69, 9.17) is 4.74 Å². The van der Waals surface area contributed by atoms with E-state index in [9.17, 15) is 9.59 Å². The SMILES string of the molecule is COCCNC(=O)CNC(=O)c1csc2c1CCCC2.